The van der Waals surface area contributed by atoms with Gasteiger partial charge in [-0.2, -0.15) is 0 Å². The van der Waals surface area contributed by atoms with Gasteiger partial charge in [-0.1, -0.05) is 43.0 Å². The first-order valence-corrected chi connectivity index (χ1v) is 9.18. The van der Waals surface area contributed by atoms with Crippen LogP contribution in [0, 0.1) is 13.8 Å². The molecule has 0 radical (unpaired) electrons. The molecule has 0 saturated carbocycles. The summed E-state index contributed by atoms with van der Waals surface area (Å²) in [6.07, 6.45) is 6.45. The van der Waals surface area contributed by atoms with E-state index in [1.165, 1.54) is 55.3 Å². The van der Waals surface area contributed by atoms with E-state index in [1.54, 1.807) is 0 Å². The molecule has 4 heteroatoms. The van der Waals surface area contributed by atoms with Crippen LogP contribution in [-0.2, 0) is 6.54 Å². The number of aryl methyl sites for hydroxylation is 2. The Morgan fingerprint density at radius 2 is 1.71 bits per heavy atom. The third-order valence-electron chi connectivity index (χ3n) is 4.24. The maximum Gasteiger partial charge on any atom is 0.191 e. The zero-order valence-electron chi connectivity index (χ0n) is 16.3. The van der Waals surface area contributed by atoms with Crippen LogP contribution in [0.25, 0.3) is 0 Å². The van der Waals surface area contributed by atoms with Crippen molar-refractivity contribution >= 4 is 5.96 Å². The summed E-state index contributed by atoms with van der Waals surface area (Å²) in [5, 5.41) is 6.81. The topological polar surface area (TPSA) is 39.7 Å². The van der Waals surface area contributed by atoms with Gasteiger partial charge in [0.1, 0.15) is 0 Å². The van der Waals surface area contributed by atoms with Crippen LogP contribution in [-0.4, -0.2) is 45.1 Å². The molecule has 0 aliphatic carbocycles. The fourth-order valence-electron chi connectivity index (χ4n) is 2.73. The fraction of sp³-hybridized carbons (Fsp3) is 0.650. The molecular formula is C20H36N4. The molecule has 136 valence electrons. The van der Waals surface area contributed by atoms with E-state index in [0.29, 0.717) is 0 Å². The van der Waals surface area contributed by atoms with Crippen LogP contribution in [0.5, 0.6) is 0 Å². The summed E-state index contributed by atoms with van der Waals surface area (Å²) in [6, 6.07) is 6.58. The smallest absolute Gasteiger partial charge is 0.191 e. The molecule has 0 aromatic heterocycles. The van der Waals surface area contributed by atoms with Crippen LogP contribution in [0.2, 0.25) is 0 Å². The number of aliphatic imine (C=N–C) groups is 1. The van der Waals surface area contributed by atoms with Gasteiger partial charge in [-0.05, 0) is 58.5 Å². The van der Waals surface area contributed by atoms with Crippen LogP contribution in [0.3, 0.4) is 0 Å². The molecule has 0 saturated heterocycles. The standard InChI is InChI=1S/C20H36N4/c1-17-11-12-19(18(2)15-17)16-23-20(21-3)22-13-9-7-6-8-10-14-24(4)5/h11-12,15H,6-10,13-14,16H2,1-5H3,(H2,21,22,23). The van der Waals surface area contributed by atoms with Crippen molar-refractivity contribution in [2.75, 3.05) is 34.2 Å². The number of nitrogens with one attached hydrogen (secondary N) is 2. The zero-order chi connectivity index (χ0) is 17.8. The maximum atomic E-state index is 4.31. The third kappa shape index (κ3) is 8.92. The van der Waals surface area contributed by atoms with Crippen LogP contribution in [0.4, 0.5) is 0 Å². The molecule has 0 heterocycles. The molecule has 0 amide bonds. The van der Waals surface area contributed by atoms with Gasteiger partial charge in [0.2, 0.25) is 0 Å². The van der Waals surface area contributed by atoms with Crippen LogP contribution in [0.15, 0.2) is 23.2 Å². The minimum Gasteiger partial charge on any atom is -0.356 e. The van der Waals surface area contributed by atoms with E-state index >= 15 is 0 Å². The second-order valence-electron chi connectivity index (χ2n) is 6.85. The van der Waals surface area contributed by atoms with Crippen LogP contribution in [0.1, 0.15) is 48.8 Å². The molecule has 2 N–H and O–H groups in total. The van der Waals surface area contributed by atoms with E-state index in [2.05, 4.69) is 66.7 Å². The Labute approximate surface area is 148 Å². The minimum atomic E-state index is 0.816. The first-order chi connectivity index (χ1) is 11.5. The monoisotopic (exact) mass is 332 g/mol. The molecule has 0 spiro atoms. The lowest BCUT2D eigenvalue weighted by Crippen LogP contribution is -2.37. The highest BCUT2D eigenvalue weighted by atomic mass is 15.2. The molecule has 0 unspecified atom stereocenters. The highest BCUT2D eigenvalue weighted by Gasteiger charge is 2.01. The van der Waals surface area contributed by atoms with E-state index in [-0.39, 0.29) is 0 Å². The second-order valence-corrected chi connectivity index (χ2v) is 6.85. The largest absolute Gasteiger partial charge is 0.356 e. The summed E-state index contributed by atoms with van der Waals surface area (Å²) in [5.41, 5.74) is 3.96. The highest BCUT2D eigenvalue weighted by Crippen LogP contribution is 2.10. The Balaban J connectivity index is 2.15. The molecule has 0 fully saturated rings. The predicted molar refractivity (Wildman–Crippen MR) is 106 cm³/mol. The van der Waals surface area contributed by atoms with E-state index in [0.717, 1.165) is 19.0 Å². The summed E-state index contributed by atoms with van der Waals surface area (Å²) >= 11 is 0. The quantitative estimate of drug-likeness (QED) is 0.391. The van der Waals surface area contributed by atoms with E-state index < -0.39 is 0 Å². The number of benzene rings is 1. The summed E-state index contributed by atoms with van der Waals surface area (Å²) in [5.74, 6) is 0.891. The van der Waals surface area contributed by atoms with Crippen molar-refractivity contribution in [1.29, 1.82) is 0 Å². The number of hydrogen-bond acceptors (Lipinski definition) is 2. The predicted octanol–water partition coefficient (Wildman–Crippen LogP) is 3.48. The second kappa shape index (κ2) is 11.9. The van der Waals surface area contributed by atoms with Crippen LogP contribution < -0.4 is 10.6 Å². The summed E-state index contributed by atoms with van der Waals surface area (Å²) in [6.45, 7) is 7.30. The van der Waals surface area contributed by atoms with Gasteiger partial charge < -0.3 is 15.5 Å². The zero-order valence-corrected chi connectivity index (χ0v) is 16.3. The Hall–Kier alpha value is -1.55. The van der Waals surface area contributed by atoms with Crippen molar-refractivity contribution in [2.45, 2.75) is 52.5 Å². The molecule has 1 aromatic carbocycles. The van der Waals surface area contributed by atoms with Crippen molar-refractivity contribution in [2.24, 2.45) is 4.99 Å². The van der Waals surface area contributed by atoms with Gasteiger partial charge >= 0.3 is 0 Å². The fourth-order valence-corrected chi connectivity index (χ4v) is 2.73. The average Bonchev–Trinajstić information content (AvgIpc) is 2.54. The average molecular weight is 333 g/mol. The van der Waals surface area contributed by atoms with E-state index in [4.69, 9.17) is 0 Å². The molecule has 24 heavy (non-hydrogen) atoms. The molecule has 4 nitrogen and oxygen atoms in total. The van der Waals surface area contributed by atoms with Crippen molar-refractivity contribution in [3.8, 4) is 0 Å². The Kier molecular flexibility index (Phi) is 10.2. The molecule has 1 aromatic rings. The minimum absolute atomic E-state index is 0.816. The lowest BCUT2D eigenvalue weighted by atomic mass is 10.1. The Bertz CT molecular complexity index is 494. The van der Waals surface area contributed by atoms with Crippen molar-refractivity contribution in [3.63, 3.8) is 0 Å². The van der Waals surface area contributed by atoms with Gasteiger partial charge in [-0.25, -0.2) is 0 Å². The van der Waals surface area contributed by atoms with Gasteiger partial charge in [0, 0.05) is 20.1 Å². The Morgan fingerprint density at radius 1 is 1.00 bits per heavy atom. The highest BCUT2D eigenvalue weighted by molar-refractivity contribution is 5.79. The van der Waals surface area contributed by atoms with Gasteiger partial charge in [0.25, 0.3) is 0 Å². The van der Waals surface area contributed by atoms with E-state index in [1.807, 2.05) is 7.05 Å². The number of unbranched alkanes of at least 4 members (excludes halogenated alkanes) is 4. The van der Waals surface area contributed by atoms with Crippen molar-refractivity contribution in [3.05, 3.63) is 34.9 Å². The first-order valence-electron chi connectivity index (χ1n) is 9.18. The third-order valence-corrected chi connectivity index (χ3v) is 4.24. The molecule has 0 bridgehead atoms. The molecular weight excluding hydrogens is 296 g/mol. The number of nitrogens with zero attached hydrogens (tertiary/aromatic N) is 2. The molecule has 1 rings (SSSR count). The lowest BCUT2D eigenvalue weighted by molar-refractivity contribution is 0.389. The van der Waals surface area contributed by atoms with Crippen LogP contribution >= 0.6 is 0 Å². The number of guanidine groups is 1. The summed E-state index contributed by atoms with van der Waals surface area (Å²) in [7, 11) is 6.11. The number of rotatable bonds is 10. The maximum absolute atomic E-state index is 4.31. The van der Waals surface area contributed by atoms with Crippen molar-refractivity contribution < 1.29 is 0 Å². The molecule has 0 aliphatic rings. The first kappa shape index (κ1) is 20.5. The van der Waals surface area contributed by atoms with Gasteiger partial charge in [0.15, 0.2) is 5.96 Å². The Morgan fingerprint density at radius 3 is 2.38 bits per heavy atom. The summed E-state index contributed by atoms with van der Waals surface area (Å²) < 4.78 is 0. The van der Waals surface area contributed by atoms with E-state index in [9.17, 15) is 0 Å². The normalized spacial score (nSPS) is 11.8. The SMILES string of the molecule is CN=C(NCCCCCCCN(C)C)NCc1ccc(C)cc1C. The summed E-state index contributed by atoms with van der Waals surface area (Å²) in [4.78, 5) is 6.56. The van der Waals surface area contributed by atoms with Gasteiger partial charge in [0.05, 0.1) is 0 Å². The molecule has 0 atom stereocenters. The van der Waals surface area contributed by atoms with Crippen molar-refractivity contribution in [1.82, 2.24) is 15.5 Å². The van der Waals surface area contributed by atoms with Gasteiger partial charge in [-0.3, -0.25) is 4.99 Å². The van der Waals surface area contributed by atoms with Gasteiger partial charge in [-0.15, -0.1) is 0 Å². The molecule has 0 aliphatic heterocycles. The number of hydrogen-bond donors (Lipinski definition) is 2. The lowest BCUT2D eigenvalue weighted by Gasteiger charge is -2.13.